The van der Waals surface area contributed by atoms with Gasteiger partial charge in [-0.25, -0.2) is 8.78 Å². The molecule has 0 bridgehead atoms. The van der Waals surface area contributed by atoms with Gasteiger partial charge in [-0.3, -0.25) is 4.79 Å². The first-order chi connectivity index (χ1) is 6.38. The topological polar surface area (TPSA) is 29.1 Å². The average molecular weight is 205 g/mol. The largest absolute Gasteiger partial charge is 0.350 e. The van der Waals surface area contributed by atoms with Crippen LogP contribution in [0.5, 0.6) is 0 Å². The third kappa shape index (κ3) is 2.22. The van der Waals surface area contributed by atoms with Gasteiger partial charge in [-0.1, -0.05) is 13.8 Å². The second-order valence-corrected chi connectivity index (χ2v) is 4.40. The van der Waals surface area contributed by atoms with E-state index in [2.05, 4.69) is 5.32 Å². The van der Waals surface area contributed by atoms with Crippen molar-refractivity contribution < 1.29 is 13.6 Å². The second kappa shape index (κ2) is 3.83. The quantitative estimate of drug-likeness (QED) is 0.749. The Hall–Kier alpha value is -0.670. The predicted molar refractivity (Wildman–Crippen MR) is 50.1 cm³/mol. The van der Waals surface area contributed by atoms with E-state index in [1.54, 1.807) is 0 Å². The Kier molecular flexibility index (Phi) is 3.12. The minimum atomic E-state index is -2.27. The van der Waals surface area contributed by atoms with Crippen molar-refractivity contribution in [1.29, 1.82) is 0 Å². The van der Waals surface area contributed by atoms with Gasteiger partial charge >= 0.3 is 0 Å². The molecule has 4 heteroatoms. The number of carbonyl (C=O) groups excluding carboxylic acids is 1. The lowest BCUT2D eigenvalue weighted by Gasteiger charge is -2.22. The molecule has 0 saturated heterocycles. The molecule has 0 aromatic carbocycles. The Morgan fingerprint density at radius 3 is 2.50 bits per heavy atom. The Bertz CT molecular complexity index is 230. The molecular weight excluding hydrogens is 188 g/mol. The van der Waals surface area contributed by atoms with Crippen LogP contribution in [-0.2, 0) is 4.79 Å². The number of carbonyl (C=O) groups is 1. The monoisotopic (exact) mass is 205 g/mol. The zero-order valence-corrected chi connectivity index (χ0v) is 8.81. The van der Waals surface area contributed by atoms with Gasteiger partial charge in [0.25, 0.3) is 0 Å². The molecule has 0 aliphatic heterocycles. The maximum atomic E-state index is 12.2. The van der Waals surface area contributed by atoms with Gasteiger partial charge in [0.15, 0.2) is 0 Å². The highest BCUT2D eigenvalue weighted by molar-refractivity contribution is 5.74. The normalized spacial score (nSPS) is 30.9. The average Bonchev–Trinajstić information content (AvgIpc) is 2.61. The first-order valence-corrected chi connectivity index (χ1v) is 4.95. The van der Waals surface area contributed by atoms with Crippen molar-refractivity contribution in [2.45, 2.75) is 45.6 Å². The number of alkyl halides is 2. The van der Waals surface area contributed by atoms with Gasteiger partial charge < -0.3 is 5.32 Å². The maximum Gasteiger partial charge on any atom is 0.239 e. The fraction of sp³-hybridized carbons (Fsp3) is 0.900. The van der Waals surface area contributed by atoms with Crippen LogP contribution in [0.1, 0.15) is 33.6 Å². The molecule has 14 heavy (non-hydrogen) atoms. The Labute approximate surface area is 83.1 Å². The van der Waals surface area contributed by atoms with Crippen LogP contribution < -0.4 is 5.32 Å². The van der Waals surface area contributed by atoms with E-state index in [9.17, 15) is 13.6 Å². The van der Waals surface area contributed by atoms with Crippen LogP contribution in [0.25, 0.3) is 0 Å². The van der Waals surface area contributed by atoms with Crippen molar-refractivity contribution in [2.24, 2.45) is 11.8 Å². The summed E-state index contributed by atoms with van der Waals surface area (Å²) in [7, 11) is 0. The van der Waals surface area contributed by atoms with Crippen molar-refractivity contribution in [1.82, 2.24) is 5.32 Å². The molecule has 1 aliphatic rings. The van der Waals surface area contributed by atoms with Crippen molar-refractivity contribution in [2.75, 3.05) is 0 Å². The van der Waals surface area contributed by atoms with Crippen molar-refractivity contribution in [3.63, 3.8) is 0 Å². The number of nitrogens with one attached hydrogen (secondary N) is 1. The highest BCUT2D eigenvalue weighted by Crippen LogP contribution is 2.51. The van der Waals surface area contributed by atoms with E-state index in [0.29, 0.717) is 6.42 Å². The van der Waals surface area contributed by atoms with Crippen LogP contribution in [-0.4, -0.2) is 17.9 Å². The van der Waals surface area contributed by atoms with E-state index < -0.39 is 6.43 Å². The summed E-state index contributed by atoms with van der Waals surface area (Å²) in [6.45, 7) is 5.35. The Morgan fingerprint density at radius 1 is 1.57 bits per heavy atom. The molecule has 0 radical (unpaired) electrons. The molecule has 0 heterocycles. The SMILES string of the molecule is CC(=O)NC1(C(C)C)CC1CC(F)F. The van der Waals surface area contributed by atoms with Crippen molar-refractivity contribution in [3.05, 3.63) is 0 Å². The highest BCUT2D eigenvalue weighted by Gasteiger charge is 2.57. The summed E-state index contributed by atoms with van der Waals surface area (Å²) in [4.78, 5) is 10.9. The molecule has 1 saturated carbocycles. The molecule has 0 aromatic rings. The van der Waals surface area contributed by atoms with Gasteiger partial charge in [0.1, 0.15) is 0 Å². The molecule has 82 valence electrons. The summed E-state index contributed by atoms with van der Waals surface area (Å²) < 4.78 is 24.3. The predicted octanol–water partition coefficient (Wildman–Crippen LogP) is 2.19. The van der Waals surface area contributed by atoms with E-state index in [0.717, 1.165) is 0 Å². The molecule has 2 unspecified atom stereocenters. The molecule has 1 amide bonds. The second-order valence-electron chi connectivity index (χ2n) is 4.40. The number of hydrogen-bond donors (Lipinski definition) is 1. The number of rotatable bonds is 4. The van der Waals surface area contributed by atoms with Gasteiger partial charge in [-0.05, 0) is 18.3 Å². The van der Waals surface area contributed by atoms with Crippen LogP contribution >= 0.6 is 0 Å². The molecule has 1 fully saturated rings. The molecule has 0 spiro atoms. The minimum Gasteiger partial charge on any atom is -0.350 e. The summed E-state index contributed by atoms with van der Waals surface area (Å²) in [5.74, 6) is 0.0389. The lowest BCUT2D eigenvalue weighted by atomic mass is 9.98. The Morgan fingerprint density at radius 2 is 2.14 bits per heavy atom. The number of halogens is 2. The molecule has 0 aromatic heterocycles. The molecule has 2 nitrogen and oxygen atoms in total. The van der Waals surface area contributed by atoms with Crippen LogP contribution in [0.2, 0.25) is 0 Å². The minimum absolute atomic E-state index is 0.0496. The molecule has 1 N–H and O–H groups in total. The standard InChI is InChI=1S/C10H17F2NO/c1-6(2)10(13-7(3)14)5-8(10)4-9(11)12/h6,8-9H,4-5H2,1-3H3,(H,13,14). The van der Waals surface area contributed by atoms with Gasteiger partial charge in [0, 0.05) is 18.9 Å². The van der Waals surface area contributed by atoms with E-state index in [1.807, 2.05) is 13.8 Å². The highest BCUT2D eigenvalue weighted by atomic mass is 19.3. The fourth-order valence-electron chi connectivity index (χ4n) is 2.19. The van der Waals surface area contributed by atoms with Gasteiger partial charge in [0.2, 0.25) is 12.3 Å². The van der Waals surface area contributed by atoms with E-state index in [4.69, 9.17) is 0 Å². The van der Waals surface area contributed by atoms with Crippen molar-refractivity contribution >= 4 is 5.91 Å². The van der Waals surface area contributed by atoms with Crippen LogP contribution in [0, 0.1) is 11.8 Å². The molecule has 2 atom stereocenters. The summed E-state index contributed by atoms with van der Waals surface area (Å²) in [6, 6.07) is 0. The molecular formula is C10H17F2NO. The van der Waals surface area contributed by atoms with E-state index >= 15 is 0 Å². The number of amides is 1. The smallest absolute Gasteiger partial charge is 0.239 e. The van der Waals surface area contributed by atoms with Crippen LogP contribution in [0.15, 0.2) is 0 Å². The first kappa shape index (κ1) is 11.4. The summed E-state index contributed by atoms with van der Waals surface area (Å²) in [6.07, 6.45) is -1.68. The van der Waals surface area contributed by atoms with Gasteiger partial charge in [-0.2, -0.15) is 0 Å². The third-order valence-electron chi connectivity index (χ3n) is 3.05. The van der Waals surface area contributed by atoms with Crippen LogP contribution in [0.3, 0.4) is 0 Å². The summed E-state index contributed by atoms with van der Waals surface area (Å²) >= 11 is 0. The summed E-state index contributed by atoms with van der Waals surface area (Å²) in [5, 5.41) is 2.81. The molecule has 1 rings (SSSR count). The van der Waals surface area contributed by atoms with Gasteiger partial charge in [0.05, 0.1) is 0 Å². The first-order valence-electron chi connectivity index (χ1n) is 4.95. The lowest BCUT2D eigenvalue weighted by molar-refractivity contribution is -0.120. The number of hydrogen-bond acceptors (Lipinski definition) is 1. The Balaban J connectivity index is 2.57. The lowest BCUT2D eigenvalue weighted by Crippen LogP contribution is -2.41. The maximum absolute atomic E-state index is 12.2. The van der Waals surface area contributed by atoms with E-state index in [1.165, 1.54) is 6.92 Å². The molecule has 1 aliphatic carbocycles. The van der Waals surface area contributed by atoms with Gasteiger partial charge in [-0.15, -0.1) is 0 Å². The van der Waals surface area contributed by atoms with Crippen molar-refractivity contribution in [3.8, 4) is 0 Å². The van der Waals surface area contributed by atoms with E-state index in [-0.39, 0.29) is 29.7 Å². The third-order valence-corrected chi connectivity index (χ3v) is 3.05. The fourth-order valence-corrected chi connectivity index (χ4v) is 2.19. The zero-order valence-electron chi connectivity index (χ0n) is 8.81. The summed E-state index contributed by atoms with van der Waals surface area (Å²) in [5.41, 5.74) is -0.359. The zero-order chi connectivity index (χ0) is 10.9. The van der Waals surface area contributed by atoms with Crippen LogP contribution in [0.4, 0.5) is 8.78 Å².